The molecule has 0 aromatic heterocycles. The highest BCUT2D eigenvalue weighted by atomic mass is 35.5. The summed E-state index contributed by atoms with van der Waals surface area (Å²) in [4.78, 5) is 4.85. The molecule has 2 nitrogen and oxygen atoms in total. The van der Waals surface area contributed by atoms with Gasteiger partial charge in [-0.15, -0.1) is 11.6 Å². The van der Waals surface area contributed by atoms with E-state index in [4.69, 9.17) is 23.2 Å². The average molecular weight is 301 g/mol. The highest BCUT2D eigenvalue weighted by molar-refractivity contribution is 6.32. The summed E-state index contributed by atoms with van der Waals surface area (Å²) >= 11 is 12.1. The Kier molecular flexibility index (Phi) is 5.37. The van der Waals surface area contributed by atoms with Crippen LogP contribution in [0, 0.1) is 0 Å². The fourth-order valence-corrected chi connectivity index (χ4v) is 3.36. The van der Waals surface area contributed by atoms with Crippen LogP contribution >= 0.6 is 23.2 Å². The van der Waals surface area contributed by atoms with Gasteiger partial charge in [0.1, 0.15) is 0 Å². The lowest BCUT2D eigenvalue weighted by atomic mass is 10.1. The summed E-state index contributed by atoms with van der Waals surface area (Å²) < 4.78 is 0. The third kappa shape index (κ3) is 3.56. The van der Waals surface area contributed by atoms with Crippen molar-refractivity contribution in [2.75, 3.05) is 31.6 Å². The lowest BCUT2D eigenvalue weighted by Crippen LogP contribution is -2.38. The van der Waals surface area contributed by atoms with E-state index in [1.165, 1.54) is 25.1 Å². The lowest BCUT2D eigenvalue weighted by molar-refractivity contribution is 0.270. The van der Waals surface area contributed by atoms with Crippen LogP contribution in [0.3, 0.4) is 0 Å². The summed E-state index contributed by atoms with van der Waals surface area (Å²) in [6, 6.07) is 6.81. The molecule has 106 valence electrons. The van der Waals surface area contributed by atoms with Gasteiger partial charge >= 0.3 is 0 Å². The van der Waals surface area contributed by atoms with Gasteiger partial charge in [-0.2, -0.15) is 0 Å². The van der Waals surface area contributed by atoms with E-state index in [9.17, 15) is 0 Å². The van der Waals surface area contributed by atoms with E-state index >= 15 is 0 Å². The first kappa shape index (κ1) is 15.0. The Morgan fingerprint density at radius 1 is 1.42 bits per heavy atom. The van der Waals surface area contributed by atoms with Gasteiger partial charge in [-0.05, 0) is 43.6 Å². The van der Waals surface area contributed by atoms with Gasteiger partial charge in [0.2, 0.25) is 0 Å². The molecule has 4 heteroatoms. The Hall–Kier alpha value is -0.440. The predicted molar refractivity (Wildman–Crippen MR) is 84.5 cm³/mol. The number of hydrogen-bond acceptors (Lipinski definition) is 2. The topological polar surface area (TPSA) is 6.48 Å². The zero-order valence-electron chi connectivity index (χ0n) is 11.7. The maximum absolute atomic E-state index is 6.22. The van der Waals surface area contributed by atoms with Crippen LogP contribution in [0.2, 0.25) is 5.02 Å². The number of benzene rings is 1. The molecule has 2 rings (SSSR count). The molecule has 0 amide bonds. The third-order valence-corrected chi connectivity index (χ3v) is 4.65. The van der Waals surface area contributed by atoms with Gasteiger partial charge in [0, 0.05) is 36.2 Å². The summed E-state index contributed by atoms with van der Waals surface area (Å²) in [5.41, 5.74) is 2.17. The van der Waals surface area contributed by atoms with E-state index in [-0.39, 0.29) is 0 Å². The molecule has 1 aromatic rings. The molecule has 1 aliphatic heterocycles. The van der Waals surface area contributed by atoms with Gasteiger partial charge in [-0.3, -0.25) is 4.90 Å². The fourth-order valence-electron chi connectivity index (χ4n) is 2.82. The van der Waals surface area contributed by atoms with Crippen molar-refractivity contribution in [1.82, 2.24) is 4.90 Å². The van der Waals surface area contributed by atoms with E-state index in [0.29, 0.717) is 11.9 Å². The van der Waals surface area contributed by atoms with Crippen LogP contribution in [0.4, 0.5) is 5.69 Å². The van der Waals surface area contributed by atoms with Crippen molar-refractivity contribution in [3.05, 3.63) is 28.8 Å². The van der Waals surface area contributed by atoms with Crippen LogP contribution in [0.1, 0.15) is 25.3 Å². The van der Waals surface area contributed by atoms with Gasteiger partial charge in [0.15, 0.2) is 0 Å². The number of anilines is 1. The fraction of sp³-hybridized carbons (Fsp3) is 0.600. The molecule has 0 spiro atoms. The highest BCUT2D eigenvalue weighted by Crippen LogP contribution is 2.26. The molecule has 0 N–H and O–H groups in total. The molecule has 19 heavy (non-hydrogen) atoms. The Balaban J connectivity index is 2.03. The standard InChI is InChI=1S/C15H22Cl2N2/c1-3-19-8-4-5-14(19)11-18(2)13-7-6-12(10-16)15(17)9-13/h6-7,9,14H,3-5,8,10-11H2,1-2H3. The number of likely N-dealkylation sites (N-methyl/N-ethyl adjacent to an activating group) is 2. The van der Waals surface area contributed by atoms with E-state index < -0.39 is 0 Å². The van der Waals surface area contributed by atoms with Crippen molar-refractivity contribution < 1.29 is 0 Å². The minimum Gasteiger partial charge on any atom is -0.373 e. The predicted octanol–water partition coefficient (Wildman–Crippen LogP) is 4.00. The van der Waals surface area contributed by atoms with Gasteiger partial charge < -0.3 is 4.90 Å². The first-order valence-corrected chi connectivity index (χ1v) is 7.86. The minimum absolute atomic E-state index is 0.467. The van der Waals surface area contributed by atoms with Crippen LogP contribution in [-0.2, 0) is 5.88 Å². The van der Waals surface area contributed by atoms with E-state index in [0.717, 1.165) is 23.7 Å². The molecule has 1 aliphatic rings. The number of nitrogens with zero attached hydrogens (tertiary/aromatic N) is 2. The van der Waals surface area contributed by atoms with Crippen molar-refractivity contribution in [2.24, 2.45) is 0 Å². The molecule has 0 radical (unpaired) electrons. The second-order valence-corrected chi connectivity index (χ2v) is 5.89. The van der Waals surface area contributed by atoms with Gasteiger partial charge in [0.05, 0.1) is 0 Å². The molecule has 1 aromatic carbocycles. The zero-order valence-corrected chi connectivity index (χ0v) is 13.2. The molecule has 1 saturated heterocycles. The summed E-state index contributed by atoms with van der Waals surface area (Å²) in [6.45, 7) is 5.68. The number of hydrogen-bond donors (Lipinski definition) is 0. The highest BCUT2D eigenvalue weighted by Gasteiger charge is 2.24. The Labute approximate surface area is 126 Å². The van der Waals surface area contributed by atoms with Gasteiger partial charge in [0.25, 0.3) is 0 Å². The molecule has 0 bridgehead atoms. The molecule has 1 fully saturated rings. The van der Waals surface area contributed by atoms with Crippen molar-refractivity contribution in [3.8, 4) is 0 Å². The Morgan fingerprint density at radius 3 is 2.84 bits per heavy atom. The van der Waals surface area contributed by atoms with Crippen LogP contribution in [0.25, 0.3) is 0 Å². The van der Waals surface area contributed by atoms with Gasteiger partial charge in [-0.1, -0.05) is 24.6 Å². The number of halogens is 2. The van der Waals surface area contributed by atoms with E-state index in [1.807, 2.05) is 12.1 Å². The van der Waals surface area contributed by atoms with E-state index in [2.05, 4.69) is 29.8 Å². The third-order valence-electron chi connectivity index (χ3n) is 4.01. The number of rotatable bonds is 5. The maximum atomic E-state index is 6.22. The molecule has 1 unspecified atom stereocenters. The molecular formula is C15H22Cl2N2. The Morgan fingerprint density at radius 2 is 2.21 bits per heavy atom. The summed E-state index contributed by atoms with van der Waals surface area (Å²) in [7, 11) is 2.14. The molecule has 0 saturated carbocycles. The first-order valence-electron chi connectivity index (χ1n) is 6.95. The maximum Gasteiger partial charge on any atom is 0.0488 e. The van der Waals surface area contributed by atoms with Crippen molar-refractivity contribution >= 4 is 28.9 Å². The summed E-state index contributed by atoms with van der Waals surface area (Å²) in [5, 5.41) is 0.762. The summed E-state index contributed by atoms with van der Waals surface area (Å²) in [6.07, 6.45) is 2.62. The first-order chi connectivity index (χ1) is 9.15. The average Bonchev–Trinajstić information content (AvgIpc) is 2.85. The minimum atomic E-state index is 0.467. The van der Waals surface area contributed by atoms with Crippen molar-refractivity contribution in [3.63, 3.8) is 0 Å². The number of likely N-dealkylation sites (tertiary alicyclic amines) is 1. The van der Waals surface area contributed by atoms with Crippen molar-refractivity contribution in [1.29, 1.82) is 0 Å². The van der Waals surface area contributed by atoms with Gasteiger partial charge in [-0.25, -0.2) is 0 Å². The molecule has 0 aliphatic carbocycles. The molecule has 1 heterocycles. The van der Waals surface area contributed by atoms with Crippen LogP contribution in [-0.4, -0.2) is 37.6 Å². The molecule has 1 atom stereocenters. The second kappa shape index (κ2) is 6.83. The van der Waals surface area contributed by atoms with Crippen molar-refractivity contribution in [2.45, 2.75) is 31.7 Å². The normalized spacial score (nSPS) is 19.9. The second-order valence-electron chi connectivity index (χ2n) is 5.21. The largest absolute Gasteiger partial charge is 0.373 e. The smallest absolute Gasteiger partial charge is 0.0488 e. The Bertz CT molecular complexity index is 423. The lowest BCUT2D eigenvalue weighted by Gasteiger charge is -2.29. The SMILES string of the molecule is CCN1CCCC1CN(C)c1ccc(CCl)c(Cl)c1. The quantitative estimate of drug-likeness (QED) is 0.759. The number of alkyl halides is 1. The van der Waals surface area contributed by atoms with E-state index in [1.54, 1.807) is 0 Å². The monoisotopic (exact) mass is 300 g/mol. The zero-order chi connectivity index (χ0) is 13.8. The van der Waals surface area contributed by atoms with Crippen LogP contribution in [0.15, 0.2) is 18.2 Å². The molecular weight excluding hydrogens is 279 g/mol. The van der Waals surface area contributed by atoms with Crippen LogP contribution in [0.5, 0.6) is 0 Å². The van der Waals surface area contributed by atoms with Crippen LogP contribution < -0.4 is 4.90 Å². The summed E-state index contributed by atoms with van der Waals surface area (Å²) in [5.74, 6) is 0.467.